The lowest BCUT2D eigenvalue weighted by molar-refractivity contribution is 0.662. The first-order chi connectivity index (χ1) is 8.38. The maximum absolute atomic E-state index is 4.39. The number of aromatic nitrogens is 2. The summed E-state index contributed by atoms with van der Waals surface area (Å²) in [5, 5.41) is 7.70. The van der Waals surface area contributed by atoms with Gasteiger partial charge in [-0.2, -0.15) is 11.3 Å². The Morgan fingerprint density at radius 1 is 1.47 bits per heavy atom. The molecule has 0 atom stereocenters. The summed E-state index contributed by atoms with van der Waals surface area (Å²) in [5.41, 5.74) is 2.54. The van der Waals surface area contributed by atoms with Crippen molar-refractivity contribution in [1.82, 2.24) is 14.9 Å². The smallest absolute Gasteiger partial charge is 0.0950 e. The van der Waals surface area contributed by atoms with Gasteiger partial charge in [0.2, 0.25) is 0 Å². The van der Waals surface area contributed by atoms with E-state index in [1.165, 1.54) is 12.0 Å². The molecule has 0 saturated carbocycles. The van der Waals surface area contributed by atoms with Gasteiger partial charge in [0.25, 0.3) is 0 Å². The highest BCUT2D eigenvalue weighted by Gasteiger charge is 1.99. The number of hydrogen-bond donors (Lipinski definition) is 1. The van der Waals surface area contributed by atoms with E-state index in [4.69, 9.17) is 0 Å². The second-order valence-corrected chi connectivity index (χ2v) is 4.94. The zero-order valence-corrected chi connectivity index (χ0v) is 11.0. The van der Waals surface area contributed by atoms with Gasteiger partial charge in [0.1, 0.15) is 0 Å². The van der Waals surface area contributed by atoms with Crippen molar-refractivity contribution in [1.29, 1.82) is 0 Å². The van der Waals surface area contributed by atoms with Gasteiger partial charge in [-0.05, 0) is 41.8 Å². The molecule has 0 saturated heterocycles. The van der Waals surface area contributed by atoms with Gasteiger partial charge in [-0.15, -0.1) is 0 Å². The number of imidazole rings is 1. The highest BCUT2D eigenvalue weighted by molar-refractivity contribution is 7.07. The molecule has 2 rings (SSSR count). The summed E-state index contributed by atoms with van der Waals surface area (Å²) in [6.07, 6.45) is 6.31. The minimum Gasteiger partial charge on any atom is -0.337 e. The lowest BCUT2D eigenvalue weighted by Crippen LogP contribution is -2.13. The average Bonchev–Trinajstić information content (AvgIpc) is 2.98. The molecule has 0 aromatic carbocycles. The van der Waals surface area contributed by atoms with Gasteiger partial charge < -0.3 is 9.88 Å². The van der Waals surface area contributed by atoms with Gasteiger partial charge in [-0.1, -0.05) is 6.92 Å². The van der Waals surface area contributed by atoms with Crippen LogP contribution in [0.3, 0.4) is 0 Å². The molecule has 3 nitrogen and oxygen atoms in total. The van der Waals surface area contributed by atoms with E-state index in [9.17, 15) is 0 Å². The van der Waals surface area contributed by atoms with Crippen molar-refractivity contribution in [3.05, 3.63) is 40.6 Å². The van der Waals surface area contributed by atoms with E-state index < -0.39 is 0 Å². The molecule has 1 N–H and O–H groups in total. The van der Waals surface area contributed by atoms with E-state index >= 15 is 0 Å². The molecular formula is C13H19N3S. The summed E-state index contributed by atoms with van der Waals surface area (Å²) in [5.74, 6) is 0. The van der Waals surface area contributed by atoms with Crippen LogP contribution in [-0.4, -0.2) is 16.1 Å². The summed E-state index contributed by atoms with van der Waals surface area (Å²) in [7, 11) is 0. The number of aryl methyl sites for hydroxylation is 2. The first-order valence-electron chi connectivity index (χ1n) is 6.11. The maximum atomic E-state index is 4.39. The van der Waals surface area contributed by atoms with Crippen LogP contribution in [0.25, 0.3) is 0 Å². The van der Waals surface area contributed by atoms with Crippen LogP contribution < -0.4 is 5.32 Å². The van der Waals surface area contributed by atoms with Crippen LogP contribution in [0, 0.1) is 0 Å². The Morgan fingerprint density at radius 2 is 2.41 bits per heavy atom. The minimum atomic E-state index is 0.874. The van der Waals surface area contributed by atoms with E-state index in [2.05, 4.69) is 44.8 Å². The number of nitrogens with one attached hydrogen (secondary N) is 1. The van der Waals surface area contributed by atoms with Crippen molar-refractivity contribution in [2.75, 3.05) is 6.54 Å². The molecule has 2 heterocycles. The Morgan fingerprint density at radius 3 is 3.18 bits per heavy atom. The van der Waals surface area contributed by atoms with Gasteiger partial charge >= 0.3 is 0 Å². The molecule has 0 aliphatic heterocycles. The monoisotopic (exact) mass is 249 g/mol. The molecule has 0 unspecified atom stereocenters. The molecule has 0 amide bonds. The molecule has 0 radical (unpaired) electrons. The standard InChI is InChI=1S/C13H19N3S/c1-2-5-14-8-13-9-16(11-15-13)6-3-12-4-7-17-10-12/h4,7,9-11,14H,2-3,5-6,8H2,1H3. The van der Waals surface area contributed by atoms with Gasteiger partial charge in [0.15, 0.2) is 0 Å². The molecule has 2 aromatic heterocycles. The zero-order chi connectivity index (χ0) is 11.9. The average molecular weight is 249 g/mol. The summed E-state index contributed by atoms with van der Waals surface area (Å²) < 4.78 is 2.17. The fourth-order valence-electron chi connectivity index (χ4n) is 1.71. The van der Waals surface area contributed by atoms with Crippen LogP contribution in [0.1, 0.15) is 24.6 Å². The normalized spacial score (nSPS) is 10.9. The third-order valence-electron chi connectivity index (χ3n) is 2.66. The topological polar surface area (TPSA) is 29.9 Å². The van der Waals surface area contributed by atoms with E-state index in [0.717, 1.165) is 31.7 Å². The van der Waals surface area contributed by atoms with Crippen LogP contribution in [0.4, 0.5) is 0 Å². The van der Waals surface area contributed by atoms with Crippen LogP contribution in [0.2, 0.25) is 0 Å². The SMILES string of the molecule is CCCNCc1cn(CCc2ccsc2)cn1. The summed E-state index contributed by atoms with van der Waals surface area (Å²) in [4.78, 5) is 4.39. The molecule has 4 heteroatoms. The quantitative estimate of drug-likeness (QED) is 0.765. The molecule has 17 heavy (non-hydrogen) atoms. The molecule has 2 aromatic rings. The van der Waals surface area contributed by atoms with Gasteiger partial charge in [-0.25, -0.2) is 4.98 Å². The second-order valence-electron chi connectivity index (χ2n) is 4.16. The number of thiophene rings is 1. The third-order valence-corrected chi connectivity index (χ3v) is 3.39. The molecule has 92 valence electrons. The van der Waals surface area contributed by atoms with Crippen molar-refractivity contribution >= 4 is 11.3 Å². The predicted molar refractivity (Wildman–Crippen MR) is 72.2 cm³/mol. The lowest BCUT2D eigenvalue weighted by Gasteiger charge is -2.00. The Balaban J connectivity index is 1.77. The Bertz CT molecular complexity index is 420. The van der Waals surface area contributed by atoms with E-state index in [0.29, 0.717) is 0 Å². The Labute approximate surface area is 107 Å². The Kier molecular flexibility index (Phi) is 4.76. The molecule has 0 aliphatic carbocycles. The first kappa shape index (κ1) is 12.3. The van der Waals surface area contributed by atoms with Gasteiger partial charge in [0, 0.05) is 19.3 Å². The fourth-order valence-corrected chi connectivity index (χ4v) is 2.41. The lowest BCUT2D eigenvalue weighted by atomic mass is 10.2. The number of hydrogen-bond acceptors (Lipinski definition) is 3. The Hall–Kier alpha value is -1.13. The highest BCUT2D eigenvalue weighted by Crippen LogP contribution is 2.08. The molecule has 0 fully saturated rings. The largest absolute Gasteiger partial charge is 0.337 e. The van der Waals surface area contributed by atoms with Crippen molar-refractivity contribution in [2.45, 2.75) is 32.9 Å². The highest BCUT2D eigenvalue weighted by atomic mass is 32.1. The van der Waals surface area contributed by atoms with Crippen molar-refractivity contribution in [3.63, 3.8) is 0 Å². The molecule has 0 bridgehead atoms. The number of rotatable bonds is 7. The van der Waals surface area contributed by atoms with Gasteiger partial charge in [-0.3, -0.25) is 0 Å². The first-order valence-corrected chi connectivity index (χ1v) is 7.05. The summed E-state index contributed by atoms with van der Waals surface area (Å²) in [6, 6.07) is 2.19. The predicted octanol–water partition coefficient (Wildman–Crippen LogP) is 2.69. The van der Waals surface area contributed by atoms with Gasteiger partial charge in [0.05, 0.1) is 12.0 Å². The van der Waals surface area contributed by atoms with Crippen LogP contribution in [0.15, 0.2) is 29.4 Å². The fraction of sp³-hybridized carbons (Fsp3) is 0.462. The molecule has 0 aliphatic rings. The second kappa shape index (κ2) is 6.57. The van der Waals surface area contributed by atoms with E-state index in [1.54, 1.807) is 11.3 Å². The third kappa shape index (κ3) is 3.98. The molecule has 0 spiro atoms. The summed E-state index contributed by atoms with van der Waals surface area (Å²) >= 11 is 1.76. The zero-order valence-electron chi connectivity index (χ0n) is 10.2. The van der Waals surface area contributed by atoms with E-state index in [-0.39, 0.29) is 0 Å². The maximum Gasteiger partial charge on any atom is 0.0950 e. The van der Waals surface area contributed by atoms with E-state index in [1.807, 2.05) is 6.33 Å². The van der Waals surface area contributed by atoms with Crippen molar-refractivity contribution in [3.8, 4) is 0 Å². The van der Waals surface area contributed by atoms with Crippen molar-refractivity contribution < 1.29 is 0 Å². The summed E-state index contributed by atoms with van der Waals surface area (Å²) in [6.45, 7) is 5.12. The van der Waals surface area contributed by atoms with Crippen LogP contribution in [-0.2, 0) is 19.5 Å². The minimum absolute atomic E-state index is 0.874. The molecular weight excluding hydrogens is 230 g/mol. The van der Waals surface area contributed by atoms with Crippen LogP contribution in [0.5, 0.6) is 0 Å². The number of nitrogens with zero attached hydrogens (tertiary/aromatic N) is 2. The van der Waals surface area contributed by atoms with Crippen LogP contribution >= 0.6 is 11.3 Å². The van der Waals surface area contributed by atoms with Crippen molar-refractivity contribution in [2.24, 2.45) is 0 Å².